The van der Waals surface area contributed by atoms with Crippen molar-refractivity contribution in [3.63, 3.8) is 0 Å². The van der Waals surface area contributed by atoms with E-state index in [9.17, 15) is 0 Å². The maximum absolute atomic E-state index is 5.22. The van der Waals surface area contributed by atoms with Crippen LogP contribution in [0.15, 0.2) is 23.0 Å². The molecule has 3 unspecified atom stereocenters. The molecular weight excluding hydrogens is 212 g/mol. The first-order valence-electron chi connectivity index (χ1n) is 6.60. The van der Waals surface area contributed by atoms with E-state index in [1.807, 2.05) is 6.26 Å². The fourth-order valence-corrected chi connectivity index (χ4v) is 3.80. The molecule has 0 saturated carbocycles. The van der Waals surface area contributed by atoms with Gasteiger partial charge in [0.15, 0.2) is 0 Å². The van der Waals surface area contributed by atoms with Crippen LogP contribution in [-0.2, 0) is 0 Å². The normalized spacial score (nSPS) is 33.8. The predicted molar refractivity (Wildman–Crippen MR) is 67.8 cm³/mol. The molecule has 3 heterocycles. The summed E-state index contributed by atoms with van der Waals surface area (Å²) in [6.45, 7) is 10.6. The lowest BCUT2D eigenvalue weighted by Crippen LogP contribution is -2.45. The second-order valence-corrected chi connectivity index (χ2v) is 6.06. The molecule has 3 rings (SSSR count). The van der Waals surface area contributed by atoms with E-state index >= 15 is 0 Å². The van der Waals surface area contributed by atoms with Gasteiger partial charge < -0.3 is 9.73 Å². The van der Waals surface area contributed by atoms with E-state index < -0.39 is 0 Å². The van der Waals surface area contributed by atoms with Gasteiger partial charge in [0.1, 0.15) is 0 Å². The van der Waals surface area contributed by atoms with Gasteiger partial charge in [0.25, 0.3) is 0 Å². The third-order valence-electron chi connectivity index (χ3n) is 4.91. The Labute approximate surface area is 103 Å². The zero-order valence-electron chi connectivity index (χ0n) is 10.9. The van der Waals surface area contributed by atoms with Gasteiger partial charge in [-0.2, -0.15) is 0 Å². The summed E-state index contributed by atoms with van der Waals surface area (Å²) in [5, 5.41) is 3.53. The molecular formula is C14H22N2O. The summed E-state index contributed by atoms with van der Waals surface area (Å²) in [5.74, 6) is 1.61. The van der Waals surface area contributed by atoms with Crippen molar-refractivity contribution in [1.29, 1.82) is 0 Å². The van der Waals surface area contributed by atoms with Crippen molar-refractivity contribution in [2.24, 2.45) is 11.8 Å². The van der Waals surface area contributed by atoms with Crippen LogP contribution in [0.1, 0.15) is 32.4 Å². The molecule has 3 atom stereocenters. The molecule has 3 nitrogen and oxygen atoms in total. The van der Waals surface area contributed by atoms with E-state index in [0.29, 0.717) is 6.04 Å². The zero-order valence-corrected chi connectivity index (χ0v) is 10.9. The number of likely N-dealkylation sites (tertiary alicyclic amines) is 1. The minimum absolute atomic E-state index is 0.283. The van der Waals surface area contributed by atoms with Gasteiger partial charge in [-0.25, -0.2) is 0 Å². The van der Waals surface area contributed by atoms with Crippen molar-refractivity contribution in [2.75, 3.05) is 19.6 Å². The molecule has 2 saturated heterocycles. The fourth-order valence-electron chi connectivity index (χ4n) is 3.80. The molecule has 0 aromatic carbocycles. The average Bonchev–Trinajstić information content (AvgIpc) is 2.97. The first-order chi connectivity index (χ1) is 8.10. The average molecular weight is 234 g/mol. The molecule has 0 aliphatic carbocycles. The Hall–Kier alpha value is -0.800. The maximum atomic E-state index is 5.22. The third kappa shape index (κ3) is 1.64. The van der Waals surface area contributed by atoms with Crippen LogP contribution in [0.4, 0.5) is 0 Å². The number of furan rings is 1. The Balaban J connectivity index is 1.85. The van der Waals surface area contributed by atoms with Gasteiger partial charge in [-0.1, -0.05) is 0 Å². The van der Waals surface area contributed by atoms with E-state index in [-0.39, 0.29) is 5.54 Å². The molecule has 2 aliphatic rings. The maximum Gasteiger partial charge on any atom is 0.0950 e. The van der Waals surface area contributed by atoms with Crippen LogP contribution >= 0.6 is 0 Å². The van der Waals surface area contributed by atoms with Crippen LogP contribution in [-0.4, -0.2) is 30.1 Å². The lowest BCUT2D eigenvalue weighted by molar-refractivity contribution is 0.0967. The molecule has 0 bridgehead atoms. The molecule has 94 valence electrons. The number of nitrogens with zero attached hydrogens (tertiary/aromatic N) is 1. The van der Waals surface area contributed by atoms with Gasteiger partial charge in [-0.05, 0) is 45.2 Å². The zero-order chi connectivity index (χ0) is 12.0. The smallest absolute Gasteiger partial charge is 0.0950 e. The first-order valence-corrected chi connectivity index (χ1v) is 6.60. The molecule has 17 heavy (non-hydrogen) atoms. The van der Waals surface area contributed by atoms with Gasteiger partial charge in [0, 0.05) is 30.2 Å². The second kappa shape index (κ2) is 3.85. The van der Waals surface area contributed by atoms with Crippen molar-refractivity contribution in [2.45, 2.75) is 32.4 Å². The summed E-state index contributed by atoms with van der Waals surface area (Å²) in [4.78, 5) is 2.65. The number of nitrogens with one attached hydrogen (secondary N) is 1. The molecule has 0 spiro atoms. The predicted octanol–water partition coefficient (Wildman–Crippen LogP) is 2.27. The van der Waals surface area contributed by atoms with Crippen molar-refractivity contribution >= 4 is 0 Å². The lowest BCUT2D eigenvalue weighted by atomic mass is 9.84. The number of hydrogen-bond donors (Lipinski definition) is 1. The van der Waals surface area contributed by atoms with Crippen molar-refractivity contribution in [3.05, 3.63) is 24.2 Å². The van der Waals surface area contributed by atoms with E-state index in [4.69, 9.17) is 4.42 Å². The number of rotatable bonds is 2. The number of hydrogen-bond acceptors (Lipinski definition) is 3. The fraction of sp³-hybridized carbons (Fsp3) is 0.714. The van der Waals surface area contributed by atoms with Gasteiger partial charge in [-0.3, -0.25) is 4.90 Å². The summed E-state index contributed by atoms with van der Waals surface area (Å²) in [7, 11) is 0. The van der Waals surface area contributed by atoms with Gasteiger partial charge in [-0.15, -0.1) is 0 Å². The summed E-state index contributed by atoms with van der Waals surface area (Å²) in [6, 6.07) is 2.54. The Morgan fingerprint density at radius 2 is 2.29 bits per heavy atom. The third-order valence-corrected chi connectivity index (χ3v) is 4.91. The van der Waals surface area contributed by atoms with E-state index in [2.05, 4.69) is 37.1 Å². The summed E-state index contributed by atoms with van der Waals surface area (Å²) < 4.78 is 5.22. The quantitative estimate of drug-likeness (QED) is 0.851. The molecule has 2 aliphatic heterocycles. The highest BCUT2D eigenvalue weighted by Crippen LogP contribution is 2.44. The highest BCUT2D eigenvalue weighted by Gasteiger charge is 2.50. The van der Waals surface area contributed by atoms with Crippen LogP contribution in [0.3, 0.4) is 0 Å². The van der Waals surface area contributed by atoms with E-state index in [1.54, 1.807) is 6.26 Å². The molecule has 1 aromatic heterocycles. The highest BCUT2D eigenvalue weighted by molar-refractivity contribution is 5.15. The topological polar surface area (TPSA) is 28.4 Å². The number of fused-ring (bicyclic) bond motifs is 1. The van der Waals surface area contributed by atoms with E-state index in [1.165, 1.54) is 25.2 Å². The van der Waals surface area contributed by atoms with Crippen LogP contribution in [0.2, 0.25) is 0 Å². The van der Waals surface area contributed by atoms with Crippen LogP contribution in [0.25, 0.3) is 0 Å². The Morgan fingerprint density at radius 3 is 2.94 bits per heavy atom. The monoisotopic (exact) mass is 234 g/mol. The van der Waals surface area contributed by atoms with Crippen LogP contribution < -0.4 is 5.32 Å². The standard InChI is InChI=1S/C14H22N2O/c1-10(11-4-5-17-9-11)16-8-12-6-15-7-13(12)14(16,2)3/h4-5,9-10,12-13,15H,6-8H2,1-3H3. The Kier molecular flexibility index (Phi) is 2.56. The van der Waals surface area contributed by atoms with Crippen molar-refractivity contribution < 1.29 is 4.42 Å². The molecule has 2 fully saturated rings. The SMILES string of the molecule is CC(c1ccoc1)N1CC2CNCC2C1(C)C. The lowest BCUT2D eigenvalue weighted by Gasteiger charge is -2.39. The molecule has 3 heteroatoms. The Bertz CT molecular complexity index is 385. The van der Waals surface area contributed by atoms with Gasteiger partial charge >= 0.3 is 0 Å². The first kappa shape index (κ1) is 11.3. The summed E-state index contributed by atoms with van der Waals surface area (Å²) in [5.41, 5.74) is 1.58. The minimum Gasteiger partial charge on any atom is -0.472 e. The molecule has 1 aromatic rings. The van der Waals surface area contributed by atoms with Gasteiger partial charge in [0.2, 0.25) is 0 Å². The molecule has 0 amide bonds. The van der Waals surface area contributed by atoms with Crippen molar-refractivity contribution in [3.8, 4) is 0 Å². The van der Waals surface area contributed by atoms with Gasteiger partial charge in [0.05, 0.1) is 12.5 Å². The summed E-state index contributed by atoms with van der Waals surface area (Å²) in [6.07, 6.45) is 3.66. The summed E-state index contributed by atoms with van der Waals surface area (Å²) >= 11 is 0. The van der Waals surface area contributed by atoms with E-state index in [0.717, 1.165) is 11.8 Å². The highest BCUT2D eigenvalue weighted by atomic mass is 16.3. The molecule has 0 radical (unpaired) electrons. The molecule has 1 N–H and O–H groups in total. The second-order valence-electron chi connectivity index (χ2n) is 6.06. The minimum atomic E-state index is 0.283. The van der Waals surface area contributed by atoms with Crippen molar-refractivity contribution in [1.82, 2.24) is 10.2 Å². The van der Waals surface area contributed by atoms with Crippen LogP contribution in [0, 0.1) is 11.8 Å². The Morgan fingerprint density at radius 1 is 1.47 bits per heavy atom. The largest absolute Gasteiger partial charge is 0.472 e. The van der Waals surface area contributed by atoms with Crippen LogP contribution in [0.5, 0.6) is 0 Å².